The van der Waals surface area contributed by atoms with Crippen LogP contribution in [0.2, 0.25) is 0 Å². The monoisotopic (exact) mass is 1130 g/mol. The number of pyridine rings is 1. The van der Waals surface area contributed by atoms with Gasteiger partial charge in [0.15, 0.2) is 0 Å². The molecule has 9 heterocycles. The maximum Gasteiger partial charge on any atom is 0.406 e. The summed E-state index contributed by atoms with van der Waals surface area (Å²) in [5.74, 6) is -0.771. The number of nitrogens with zero attached hydrogens (tertiary/aromatic N) is 8. The molecular weight excluding hydrogens is 1050 g/mol. The summed E-state index contributed by atoms with van der Waals surface area (Å²) in [6.07, 6.45) is 2.51. The van der Waals surface area contributed by atoms with E-state index in [-0.39, 0.29) is 55.8 Å². The van der Waals surface area contributed by atoms with Crippen LogP contribution < -0.4 is 21.0 Å². The molecule has 3 amide bonds. The SMILES string of the molecule is CO[C@@H](C)c1ncc(N2CCN(C3CC3)CC2)cc1-c1c2c3cc(ccc3n1CC(F)(F)F)-c1csc(n1)C[C@H](NC(=O)C(C(C)C)N1CCOC3(CN(C(=O)[C@@H]4NC4C4CC4)C3)C1)C(=O)N1CCC[C@H](N1)C(=O)OCC(C)(C)C2. The zero-order valence-electron chi connectivity index (χ0n) is 46.8. The number of nitrogens with one attached hydrogen (secondary N) is 3. The number of piperazine rings is 1. The number of halogens is 3. The van der Waals surface area contributed by atoms with E-state index < -0.39 is 59.8 Å². The van der Waals surface area contributed by atoms with Crippen LogP contribution in [0.25, 0.3) is 33.4 Å². The number of hydrogen-bond donors (Lipinski definition) is 3. The summed E-state index contributed by atoms with van der Waals surface area (Å²) >= 11 is 1.33. The van der Waals surface area contributed by atoms with Gasteiger partial charge in [0.1, 0.15) is 30.3 Å². The first-order valence-electron chi connectivity index (χ1n) is 28.9. The number of cyclic esters (lactones) is 1. The molecule has 1 spiro atoms. The lowest BCUT2D eigenvalue weighted by molar-refractivity contribution is -0.197. The highest BCUT2D eigenvalue weighted by atomic mass is 32.1. The van der Waals surface area contributed by atoms with Crippen LogP contribution in [0, 0.1) is 17.3 Å². The van der Waals surface area contributed by atoms with Crippen molar-refractivity contribution in [3.63, 3.8) is 0 Å². The second-order valence-corrected chi connectivity index (χ2v) is 26.0. The van der Waals surface area contributed by atoms with Crippen molar-refractivity contribution in [1.82, 2.24) is 50.3 Å². The Labute approximate surface area is 469 Å². The molecule has 3 aromatic heterocycles. The molecule has 432 valence electrons. The largest absolute Gasteiger partial charge is 0.464 e. The Kier molecular flexibility index (Phi) is 14.9. The van der Waals surface area contributed by atoms with E-state index in [4.69, 9.17) is 24.2 Å². The fourth-order valence-corrected chi connectivity index (χ4v) is 14.1. The molecule has 5 saturated heterocycles. The van der Waals surface area contributed by atoms with Crippen LogP contribution in [-0.2, 0) is 52.8 Å². The van der Waals surface area contributed by atoms with Crippen LogP contribution in [0.4, 0.5) is 18.9 Å². The molecule has 8 aliphatic rings. The first kappa shape index (κ1) is 55.3. The van der Waals surface area contributed by atoms with Crippen LogP contribution in [0.15, 0.2) is 35.8 Å². The van der Waals surface area contributed by atoms with Gasteiger partial charge in [-0.1, -0.05) is 33.8 Å². The standard InChI is InChI=1S/C58H76F3N11O7S/c1-33(2)50(69-20-21-79-57(28-69)29-70(30-57)54(75)49-48(65-49)35-9-10-35)52(73)64-43-24-46-63-44(27-80-46)36-11-14-45-39(22-36)41(25-56(4,5)32-78-55(76)42-8-7-15-72(66-42)53(43)74)51(71(45)31-58(59,60)61)40-23-38(26-62-47(40)34(3)77-6)68-18-16-67(17-19-68)37-12-13-37/h11,14,22-23,26-27,33-35,37,42-43,48-50,65-66H,7-10,12-13,15-21,24-25,28-32H2,1-6H3,(H,64,73)/t34-,42-,43-,48?,49+,50?/m0/s1. The van der Waals surface area contributed by atoms with Gasteiger partial charge in [0.2, 0.25) is 11.8 Å². The molecule has 7 fully saturated rings. The van der Waals surface area contributed by atoms with Gasteiger partial charge in [-0.05, 0) is 87.5 Å². The van der Waals surface area contributed by atoms with Crippen molar-refractivity contribution >= 4 is 51.6 Å². The number of fused-ring (bicyclic) bond motifs is 6. The minimum Gasteiger partial charge on any atom is -0.464 e. The molecule has 6 bridgehead atoms. The summed E-state index contributed by atoms with van der Waals surface area (Å²) in [6.45, 7) is 14.2. The van der Waals surface area contributed by atoms with Crippen LogP contribution in [0.5, 0.6) is 0 Å². The predicted octanol–water partition coefficient (Wildman–Crippen LogP) is 5.72. The highest BCUT2D eigenvalue weighted by Crippen LogP contribution is 2.45. The Morgan fingerprint density at radius 2 is 1.76 bits per heavy atom. The van der Waals surface area contributed by atoms with Gasteiger partial charge in [0.25, 0.3) is 5.91 Å². The third-order valence-corrected chi connectivity index (χ3v) is 18.7. The second kappa shape index (κ2) is 21.5. The molecule has 6 aliphatic heterocycles. The predicted molar refractivity (Wildman–Crippen MR) is 295 cm³/mol. The number of aromatic nitrogens is 3. The summed E-state index contributed by atoms with van der Waals surface area (Å²) in [6, 6.07) is 5.56. The number of likely N-dealkylation sites (tertiary alicyclic amines) is 1. The fourth-order valence-electron chi connectivity index (χ4n) is 13.3. The lowest BCUT2D eigenvalue weighted by atomic mass is 9.84. The molecule has 6 atom stereocenters. The van der Waals surface area contributed by atoms with E-state index in [0.717, 1.165) is 31.9 Å². The number of amides is 3. The first-order chi connectivity index (χ1) is 38.2. The number of carbonyl (C=O) groups excluding carboxylic acids is 4. The highest BCUT2D eigenvalue weighted by Gasteiger charge is 2.57. The maximum absolute atomic E-state index is 15.2. The number of anilines is 1. The summed E-state index contributed by atoms with van der Waals surface area (Å²) in [5, 5.41) is 11.0. The van der Waals surface area contributed by atoms with E-state index >= 15 is 13.2 Å². The average molecular weight is 1130 g/mol. The second-order valence-electron chi connectivity index (χ2n) is 25.1. The summed E-state index contributed by atoms with van der Waals surface area (Å²) in [4.78, 5) is 76.1. The van der Waals surface area contributed by atoms with Crippen LogP contribution >= 0.6 is 11.3 Å². The zero-order valence-corrected chi connectivity index (χ0v) is 47.6. The molecule has 4 aromatic rings. The van der Waals surface area contributed by atoms with Gasteiger partial charge < -0.3 is 33.9 Å². The van der Waals surface area contributed by atoms with Crippen LogP contribution in [0.3, 0.4) is 0 Å². The number of carbonyl (C=O) groups is 4. The van der Waals surface area contributed by atoms with Gasteiger partial charge in [-0.2, -0.15) is 13.2 Å². The Balaban J connectivity index is 0.882. The molecular formula is C58H76F3N11O7S. The van der Waals surface area contributed by atoms with Gasteiger partial charge in [0, 0.05) is 104 Å². The Hall–Kier alpha value is -5.23. The normalized spacial score (nSPS) is 26.5. The average Bonchev–Trinajstić information content (AvgIpc) is 3.80. The zero-order chi connectivity index (χ0) is 56.0. The molecule has 18 nitrogen and oxygen atoms in total. The number of esters is 1. The van der Waals surface area contributed by atoms with Gasteiger partial charge in [-0.3, -0.25) is 44.3 Å². The van der Waals surface area contributed by atoms with Gasteiger partial charge >= 0.3 is 12.1 Å². The van der Waals surface area contributed by atoms with Crippen molar-refractivity contribution in [3.8, 4) is 22.5 Å². The molecule has 2 saturated carbocycles. The molecule has 12 rings (SSSR count). The van der Waals surface area contributed by atoms with Gasteiger partial charge in [0.05, 0.1) is 72.4 Å². The molecule has 1 aromatic carbocycles. The number of ether oxygens (including phenoxy) is 3. The third kappa shape index (κ3) is 11.3. The maximum atomic E-state index is 15.2. The highest BCUT2D eigenvalue weighted by molar-refractivity contribution is 7.10. The Bertz CT molecular complexity index is 3020. The molecule has 80 heavy (non-hydrogen) atoms. The molecule has 0 radical (unpaired) electrons. The van der Waals surface area contributed by atoms with Gasteiger partial charge in [-0.25, -0.2) is 10.4 Å². The number of benzene rings is 1. The van der Waals surface area contributed by atoms with Crippen LogP contribution in [-0.4, -0.2) is 185 Å². The van der Waals surface area contributed by atoms with E-state index in [2.05, 4.69) is 30.8 Å². The van der Waals surface area contributed by atoms with Crippen molar-refractivity contribution in [1.29, 1.82) is 0 Å². The van der Waals surface area contributed by atoms with E-state index in [0.29, 0.717) is 107 Å². The van der Waals surface area contributed by atoms with Crippen molar-refractivity contribution in [2.24, 2.45) is 17.3 Å². The molecule has 2 unspecified atom stereocenters. The number of rotatable bonds is 12. The topological polar surface area (TPSA) is 189 Å². The Morgan fingerprint density at radius 3 is 2.48 bits per heavy atom. The van der Waals surface area contributed by atoms with E-state index in [1.165, 1.54) is 46.6 Å². The molecule has 2 aliphatic carbocycles. The summed E-state index contributed by atoms with van der Waals surface area (Å²) < 4.78 is 65.2. The lowest BCUT2D eigenvalue weighted by Gasteiger charge is -2.55. The summed E-state index contributed by atoms with van der Waals surface area (Å²) in [7, 11) is 1.57. The summed E-state index contributed by atoms with van der Waals surface area (Å²) in [5.41, 5.74) is 6.23. The molecule has 22 heteroatoms. The number of methoxy groups -OCH3 is 1. The van der Waals surface area contributed by atoms with Crippen molar-refractivity contribution in [2.45, 2.75) is 147 Å². The number of alkyl halides is 3. The van der Waals surface area contributed by atoms with Crippen LogP contribution in [0.1, 0.15) is 95.5 Å². The quantitative estimate of drug-likeness (QED) is 0.116. The minimum atomic E-state index is -4.61. The van der Waals surface area contributed by atoms with E-state index in [1.807, 2.05) is 63.2 Å². The number of hydrazine groups is 1. The van der Waals surface area contributed by atoms with E-state index in [1.54, 1.807) is 19.2 Å². The molecule has 3 N–H and O–H groups in total. The number of hydrogen-bond acceptors (Lipinski definition) is 15. The third-order valence-electron chi connectivity index (χ3n) is 17.8. The van der Waals surface area contributed by atoms with Crippen molar-refractivity contribution in [2.75, 3.05) is 84.1 Å². The fraction of sp³-hybridized carbons (Fsp3) is 0.655. The number of morpholine rings is 1. The number of thiazole rings is 1. The lowest BCUT2D eigenvalue weighted by Crippen LogP contribution is -2.73. The van der Waals surface area contributed by atoms with Gasteiger partial charge in [-0.15, -0.1) is 11.3 Å². The smallest absolute Gasteiger partial charge is 0.406 e. The van der Waals surface area contributed by atoms with E-state index in [9.17, 15) is 19.2 Å². The van der Waals surface area contributed by atoms with Crippen molar-refractivity contribution < 1.29 is 46.6 Å². The minimum absolute atomic E-state index is 0.0295. The van der Waals surface area contributed by atoms with Crippen molar-refractivity contribution in [3.05, 3.63) is 52.1 Å². The Morgan fingerprint density at radius 1 is 0.988 bits per heavy atom. The first-order valence-corrected chi connectivity index (χ1v) is 29.8.